The third kappa shape index (κ3) is 2.22. The van der Waals surface area contributed by atoms with Crippen LogP contribution in [0.2, 0.25) is 0 Å². The van der Waals surface area contributed by atoms with Crippen molar-refractivity contribution >= 4 is 12.2 Å². The summed E-state index contributed by atoms with van der Waals surface area (Å²) in [6.07, 6.45) is 5.89. The number of imidazole rings is 1. The molecule has 2 heteroatoms. The monoisotopic (exact) mass is 212 g/mol. The summed E-state index contributed by atoms with van der Waals surface area (Å²) in [4.78, 5) is 7.31. The van der Waals surface area contributed by atoms with Crippen molar-refractivity contribution in [2.24, 2.45) is 0 Å². The lowest BCUT2D eigenvalue weighted by atomic mass is 10.0. The third-order valence-corrected chi connectivity index (χ3v) is 2.72. The maximum Gasteiger partial charge on any atom is 0.0929 e. The van der Waals surface area contributed by atoms with Crippen molar-refractivity contribution in [2.75, 3.05) is 0 Å². The smallest absolute Gasteiger partial charge is 0.0929 e. The number of H-pyrrole nitrogens is 1. The van der Waals surface area contributed by atoms with E-state index in [1.165, 1.54) is 16.7 Å². The van der Waals surface area contributed by atoms with Gasteiger partial charge in [-0.1, -0.05) is 29.8 Å². The van der Waals surface area contributed by atoms with Gasteiger partial charge in [0.25, 0.3) is 0 Å². The van der Waals surface area contributed by atoms with E-state index in [1.54, 1.807) is 6.33 Å². The molecule has 82 valence electrons. The summed E-state index contributed by atoms with van der Waals surface area (Å²) in [5, 5.41) is 0. The van der Waals surface area contributed by atoms with Crippen LogP contribution in [0.15, 0.2) is 24.5 Å². The van der Waals surface area contributed by atoms with E-state index < -0.39 is 0 Å². The van der Waals surface area contributed by atoms with E-state index in [4.69, 9.17) is 0 Å². The zero-order chi connectivity index (χ0) is 11.5. The molecule has 0 aliphatic carbocycles. The van der Waals surface area contributed by atoms with E-state index in [0.29, 0.717) is 0 Å². The quantitative estimate of drug-likeness (QED) is 0.810. The fraction of sp³-hybridized carbons (Fsp3) is 0.214. The van der Waals surface area contributed by atoms with Crippen LogP contribution in [0.5, 0.6) is 0 Å². The van der Waals surface area contributed by atoms with Gasteiger partial charge >= 0.3 is 0 Å². The second-order valence-corrected chi connectivity index (χ2v) is 4.11. The highest BCUT2D eigenvalue weighted by molar-refractivity contribution is 5.70. The molecule has 2 nitrogen and oxygen atoms in total. The summed E-state index contributed by atoms with van der Waals surface area (Å²) in [5.41, 5.74) is 5.92. The van der Waals surface area contributed by atoms with Gasteiger partial charge in [0.1, 0.15) is 0 Å². The molecule has 0 aliphatic rings. The molecule has 0 bridgehead atoms. The lowest BCUT2D eigenvalue weighted by molar-refractivity contribution is 1.25. The van der Waals surface area contributed by atoms with Gasteiger partial charge in [0.05, 0.1) is 12.0 Å². The molecule has 16 heavy (non-hydrogen) atoms. The minimum absolute atomic E-state index is 1.00. The molecule has 0 spiro atoms. The lowest BCUT2D eigenvalue weighted by Gasteiger charge is -2.01. The number of nitrogens with zero attached hydrogens (tertiary/aromatic N) is 1. The van der Waals surface area contributed by atoms with Crippen LogP contribution in [-0.4, -0.2) is 9.97 Å². The first-order chi connectivity index (χ1) is 7.66. The average molecular weight is 212 g/mol. The second kappa shape index (κ2) is 4.35. The van der Waals surface area contributed by atoms with Crippen LogP contribution in [0, 0.1) is 20.8 Å². The molecule has 0 atom stereocenters. The van der Waals surface area contributed by atoms with E-state index in [1.807, 2.05) is 13.0 Å². The molecule has 0 fully saturated rings. The van der Waals surface area contributed by atoms with Gasteiger partial charge in [-0.3, -0.25) is 0 Å². The summed E-state index contributed by atoms with van der Waals surface area (Å²) < 4.78 is 0. The molecule has 0 saturated heterocycles. The van der Waals surface area contributed by atoms with Crippen LogP contribution >= 0.6 is 0 Å². The topological polar surface area (TPSA) is 28.7 Å². The fourth-order valence-corrected chi connectivity index (χ4v) is 1.65. The molecule has 0 saturated carbocycles. The molecule has 0 aliphatic heterocycles. The zero-order valence-electron chi connectivity index (χ0n) is 9.91. The Morgan fingerprint density at radius 2 is 1.94 bits per heavy atom. The molecule has 0 unspecified atom stereocenters. The standard InChI is InChI=1S/C14H16N2/c1-10-4-5-11(2)13(8-10)6-7-14-12(3)15-9-16-14/h4-9H,1-3H3,(H,15,16). The molecule has 1 N–H and O–H groups in total. The van der Waals surface area contributed by atoms with Crippen molar-refractivity contribution in [2.45, 2.75) is 20.8 Å². The molecule has 1 aromatic heterocycles. The summed E-state index contributed by atoms with van der Waals surface area (Å²) in [6, 6.07) is 6.46. The zero-order valence-corrected chi connectivity index (χ0v) is 9.91. The van der Waals surface area contributed by atoms with E-state index in [9.17, 15) is 0 Å². The summed E-state index contributed by atoms with van der Waals surface area (Å²) >= 11 is 0. The van der Waals surface area contributed by atoms with Gasteiger partial charge in [-0.2, -0.15) is 0 Å². The first kappa shape index (κ1) is 10.7. The average Bonchev–Trinajstić information content (AvgIpc) is 2.66. The van der Waals surface area contributed by atoms with Gasteiger partial charge in [0.2, 0.25) is 0 Å². The van der Waals surface area contributed by atoms with Crippen LogP contribution in [-0.2, 0) is 0 Å². The number of hydrogen-bond donors (Lipinski definition) is 1. The van der Waals surface area contributed by atoms with E-state index in [0.717, 1.165) is 11.4 Å². The first-order valence-electron chi connectivity index (χ1n) is 5.42. The van der Waals surface area contributed by atoms with Gasteiger partial charge in [-0.15, -0.1) is 0 Å². The molecule has 1 aromatic carbocycles. The SMILES string of the molecule is Cc1ccc(C)c(C=Cc2nc[nH]c2C)c1. The molecule has 0 amide bonds. The summed E-state index contributed by atoms with van der Waals surface area (Å²) in [5.74, 6) is 0. The third-order valence-electron chi connectivity index (χ3n) is 2.72. The van der Waals surface area contributed by atoms with E-state index in [-0.39, 0.29) is 0 Å². The van der Waals surface area contributed by atoms with Crippen LogP contribution < -0.4 is 0 Å². The highest BCUT2D eigenvalue weighted by Gasteiger charge is 1.97. The van der Waals surface area contributed by atoms with Crippen LogP contribution in [0.4, 0.5) is 0 Å². The molecule has 1 heterocycles. The Balaban J connectivity index is 2.30. The van der Waals surface area contributed by atoms with Gasteiger partial charge in [-0.25, -0.2) is 4.98 Å². The molecular formula is C14H16N2. The molecule has 2 rings (SSSR count). The Morgan fingerprint density at radius 3 is 2.62 bits per heavy atom. The largest absolute Gasteiger partial charge is 0.348 e. The highest BCUT2D eigenvalue weighted by Crippen LogP contribution is 2.14. The van der Waals surface area contributed by atoms with E-state index >= 15 is 0 Å². The minimum atomic E-state index is 1.00. The fourth-order valence-electron chi connectivity index (χ4n) is 1.65. The number of benzene rings is 1. The predicted octanol–water partition coefficient (Wildman–Crippen LogP) is 3.51. The van der Waals surface area contributed by atoms with Gasteiger partial charge < -0.3 is 4.98 Å². The van der Waals surface area contributed by atoms with Crippen molar-refractivity contribution in [3.05, 3.63) is 52.6 Å². The van der Waals surface area contributed by atoms with E-state index in [2.05, 4.69) is 48.1 Å². The highest BCUT2D eigenvalue weighted by atomic mass is 14.9. The molecular weight excluding hydrogens is 196 g/mol. The lowest BCUT2D eigenvalue weighted by Crippen LogP contribution is -1.82. The predicted molar refractivity (Wildman–Crippen MR) is 68.2 cm³/mol. The number of aryl methyl sites for hydroxylation is 3. The maximum absolute atomic E-state index is 4.24. The first-order valence-corrected chi connectivity index (χ1v) is 5.42. The van der Waals surface area contributed by atoms with Gasteiger partial charge in [0, 0.05) is 5.69 Å². The van der Waals surface area contributed by atoms with Crippen molar-refractivity contribution in [3.63, 3.8) is 0 Å². The van der Waals surface area contributed by atoms with Gasteiger partial charge in [-0.05, 0) is 38.0 Å². The van der Waals surface area contributed by atoms with Crippen LogP contribution in [0.1, 0.15) is 28.1 Å². The van der Waals surface area contributed by atoms with Crippen molar-refractivity contribution in [3.8, 4) is 0 Å². The van der Waals surface area contributed by atoms with Crippen molar-refractivity contribution in [1.29, 1.82) is 0 Å². The minimum Gasteiger partial charge on any atom is -0.348 e. The maximum atomic E-state index is 4.24. The number of aromatic amines is 1. The summed E-state index contributed by atoms with van der Waals surface area (Å²) in [6.45, 7) is 6.25. The number of nitrogens with one attached hydrogen (secondary N) is 1. The van der Waals surface area contributed by atoms with Gasteiger partial charge in [0.15, 0.2) is 0 Å². The van der Waals surface area contributed by atoms with Crippen LogP contribution in [0.25, 0.3) is 12.2 Å². The Kier molecular flexibility index (Phi) is 2.91. The second-order valence-electron chi connectivity index (χ2n) is 4.11. The Hall–Kier alpha value is -1.83. The molecule has 2 aromatic rings. The number of rotatable bonds is 2. The Bertz CT molecular complexity index is 521. The Morgan fingerprint density at radius 1 is 1.12 bits per heavy atom. The summed E-state index contributed by atoms with van der Waals surface area (Å²) in [7, 11) is 0. The number of hydrogen-bond acceptors (Lipinski definition) is 1. The number of aromatic nitrogens is 2. The van der Waals surface area contributed by atoms with Crippen LogP contribution in [0.3, 0.4) is 0 Å². The Labute approximate surface area is 96.1 Å². The van der Waals surface area contributed by atoms with Crippen molar-refractivity contribution in [1.82, 2.24) is 9.97 Å². The normalized spacial score (nSPS) is 11.2. The van der Waals surface area contributed by atoms with Crippen molar-refractivity contribution < 1.29 is 0 Å². The molecule has 0 radical (unpaired) electrons.